The van der Waals surface area contributed by atoms with Crippen molar-refractivity contribution in [2.75, 3.05) is 11.4 Å². The van der Waals surface area contributed by atoms with Crippen LogP contribution in [0.2, 0.25) is 0 Å². The third kappa shape index (κ3) is 3.60. The van der Waals surface area contributed by atoms with Crippen molar-refractivity contribution >= 4 is 28.3 Å². The monoisotopic (exact) mass is 285 g/mol. The fraction of sp³-hybridized carbons (Fsp3) is 0.294. The molecule has 110 valence electrons. The summed E-state index contributed by atoms with van der Waals surface area (Å²) in [7, 11) is 0. The van der Waals surface area contributed by atoms with E-state index >= 15 is 0 Å². The largest absolute Gasteiger partial charge is 0.481 e. The second-order valence-corrected chi connectivity index (χ2v) is 4.88. The van der Waals surface area contributed by atoms with Crippen LogP contribution in [0, 0.1) is 0 Å². The van der Waals surface area contributed by atoms with E-state index in [1.54, 1.807) is 4.90 Å². The van der Waals surface area contributed by atoms with E-state index in [0.29, 0.717) is 13.0 Å². The minimum atomic E-state index is -0.865. The summed E-state index contributed by atoms with van der Waals surface area (Å²) in [6.07, 6.45) is 0.650. The summed E-state index contributed by atoms with van der Waals surface area (Å²) in [5.74, 6) is -0.897. The van der Waals surface area contributed by atoms with E-state index in [2.05, 4.69) is 0 Å². The molecule has 1 amide bonds. The van der Waals surface area contributed by atoms with Crippen molar-refractivity contribution in [3.05, 3.63) is 42.5 Å². The first-order valence-corrected chi connectivity index (χ1v) is 7.13. The molecule has 0 radical (unpaired) electrons. The Bertz CT molecular complexity index is 646. The van der Waals surface area contributed by atoms with Gasteiger partial charge < -0.3 is 10.0 Å². The smallest absolute Gasteiger partial charge is 0.303 e. The predicted molar refractivity (Wildman–Crippen MR) is 83.5 cm³/mol. The highest BCUT2D eigenvalue weighted by Crippen LogP contribution is 2.27. The van der Waals surface area contributed by atoms with Crippen LogP contribution in [-0.2, 0) is 9.59 Å². The second kappa shape index (κ2) is 6.88. The number of hydrogen-bond acceptors (Lipinski definition) is 2. The number of nitrogens with zero attached hydrogens (tertiary/aromatic N) is 1. The highest BCUT2D eigenvalue weighted by Gasteiger charge is 2.16. The molecule has 0 aromatic heterocycles. The molecule has 0 bridgehead atoms. The Balaban J connectivity index is 2.23. The normalized spacial score (nSPS) is 10.5. The van der Waals surface area contributed by atoms with Crippen molar-refractivity contribution in [3.63, 3.8) is 0 Å². The molecule has 21 heavy (non-hydrogen) atoms. The number of amides is 1. The van der Waals surface area contributed by atoms with Gasteiger partial charge in [0.2, 0.25) is 5.91 Å². The molecule has 2 rings (SSSR count). The number of carbonyl (C=O) groups is 2. The maximum atomic E-state index is 12.3. The molecule has 0 saturated carbocycles. The fourth-order valence-electron chi connectivity index (χ4n) is 2.45. The SMILES string of the molecule is CCN(C(=O)CCCC(=O)O)c1cccc2ccccc12. The van der Waals surface area contributed by atoms with E-state index < -0.39 is 5.97 Å². The maximum Gasteiger partial charge on any atom is 0.303 e. The van der Waals surface area contributed by atoms with E-state index in [1.807, 2.05) is 49.4 Å². The third-order valence-corrected chi connectivity index (χ3v) is 3.46. The second-order valence-electron chi connectivity index (χ2n) is 4.88. The van der Waals surface area contributed by atoms with E-state index in [0.717, 1.165) is 16.5 Å². The topological polar surface area (TPSA) is 57.6 Å². The molecule has 0 fully saturated rings. The first-order chi connectivity index (χ1) is 10.1. The number of rotatable bonds is 6. The van der Waals surface area contributed by atoms with E-state index in [-0.39, 0.29) is 18.7 Å². The third-order valence-electron chi connectivity index (χ3n) is 3.46. The van der Waals surface area contributed by atoms with Crippen LogP contribution in [-0.4, -0.2) is 23.5 Å². The van der Waals surface area contributed by atoms with Gasteiger partial charge in [-0.1, -0.05) is 36.4 Å². The molecule has 1 N–H and O–H groups in total. The zero-order chi connectivity index (χ0) is 15.2. The van der Waals surface area contributed by atoms with Gasteiger partial charge in [0.1, 0.15) is 0 Å². The van der Waals surface area contributed by atoms with Crippen molar-refractivity contribution in [2.45, 2.75) is 26.2 Å². The molecule has 0 aliphatic rings. The highest BCUT2D eigenvalue weighted by molar-refractivity contribution is 6.03. The molecule has 0 aliphatic heterocycles. The molecule has 0 heterocycles. The van der Waals surface area contributed by atoms with Gasteiger partial charge in [-0.3, -0.25) is 9.59 Å². The minimum Gasteiger partial charge on any atom is -0.481 e. The van der Waals surface area contributed by atoms with Crippen LogP contribution in [0.15, 0.2) is 42.5 Å². The van der Waals surface area contributed by atoms with Gasteiger partial charge in [0, 0.05) is 24.8 Å². The zero-order valence-corrected chi connectivity index (χ0v) is 12.1. The molecule has 2 aromatic rings. The molecular formula is C17H19NO3. The Kier molecular flexibility index (Phi) is 4.93. The van der Waals surface area contributed by atoms with Crippen molar-refractivity contribution in [2.24, 2.45) is 0 Å². The van der Waals surface area contributed by atoms with Crippen molar-refractivity contribution < 1.29 is 14.7 Å². The lowest BCUT2D eigenvalue weighted by Crippen LogP contribution is -2.30. The molecule has 0 spiro atoms. The van der Waals surface area contributed by atoms with Crippen LogP contribution >= 0.6 is 0 Å². The van der Waals surface area contributed by atoms with Crippen LogP contribution in [0.1, 0.15) is 26.2 Å². The first kappa shape index (κ1) is 15.0. The van der Waals surface area contributed by atoms with E-state index in [1.165, 1.54) is 0 Å². The number of carbonyl (C=O) groups excluding carboxylic acids is 1. The number of fused-ring (bicyclic) bond motifs is 1. The van der Waals surface area contributed by atoms with Gasteiger partial charge >= 0.3 is 5.97 Å². The van der Waals surface area contributed by atoms with Crippen LogP contribution in [0.3, 0.4) is 0 Å². The average molecular weight is 285 g/mol. The molecular weight excluding hydrogens is 266 g/mol. The lowest BCUT2D eigenvalue weighted by molar-refractivity contribution is -0.137. The standard InChI is InChI=1S/C17H19NO3/c1-2-18(16(19)11-6-12-17(20)21)15-10-5-8-13-7-3-4-9-14(13)15/h3-5,7-10H,2,6,11-12H2,1H3,(H,20,21). The van der Waals surface area contributed by atoms with E-state index in [4.69, 9.17) is 5.11 Å². The zero-order valence-electron chi connectivity index (χ0n) is 12.1. The number of carboxylic acids is 1. The van der Waals surface area contributed by atoms with Gasteiger partial charge in [-0.15, -0.1) is 0 Å². The van der Waals surface area contributed by atoms with Crippen molar-refractivity contribution in [1.82, 2.24) is 0 Å². The Morgan fingerprint density at radius 1 is 1.05 bits per heavy atom. The maximum absolute atomic E-state index is 12.3. The van der Waals surface area contributed by atoms with Gasteiger partial charge in [0.15, 0.2) is 0 Å². The highest BCUT2D eigenvalue weighted by atomic mass is 16.4. The van der Waals surface area contributed by atoms with Crippen molar-refractivity contribution in [3.8, 4) is 0 Å². The summed E-state index contributed by atoms with van der Waals surface area (Å²) >= 11 is 0. The molecule has 0 atom stereocenters. The molecule has 2 aromatic carbocycles. The molecule has 4 heteroatoms. The Labute approximate surface area is 124 Å². The van der Waals surface area contributed by atoms with Gasteiger partial charge in [0.05, 0.1) is 5.69 Å². The number of anilines is 1. The van der Waals surface area contributed by atoms with Crippen LogP contribution < -0.4 is 4.90 Å². The number of hydrogen-bond donors (Lipinski definition) is 1. The van der Waals surface area contributed by atoms with E-state index in [9.17, 15) is 9.59 Å². The lowest BCUT2D eigenvalue weighted by Gasteiger charge is -2.22. The fourth-order valence-corrected chi connectivity index (χ4v) is 2.45. The van der Waals surface area contributed by atoms with Crippen LogP contribution in [0.25, 0.3) is 10.8 Å². The lowest BCUT2D eigenvalue weighted by atomic mass is 10.1. The summed E-state index contributed by atoms with van der Waals surface area (Å²) in [5, 5.41) is 10.8. The Morgan fingerprint density at radius 2 is 1.76 bits per heavy atom. The summed E-state index contributed by atoms with van der Waals surface area (Å²) in [6.45, 7) is 2.50. The Hall–Kier alpha value is -2.36. The number of carboxylic acid groups (broad SMARTS) is 1. The Morgan fingerprint density at radius 3 is 2.48 bits per heavy atom. The molecule has 0 unspecified atom stereocenters. The van der Waals surface area contributed by atoms with Crippen molar-refractivity contribution in [1.29, 1.82) is 0 Å². The summed E-state index contributed by atoms with van der Waals surface area (Å²) in [5.41, 5.74) is 0.885. The van der Waals surface area contributed by atoms with Gasteiger partial charge in [-0.05, 0) is 24.8 Å². The first-order valence-electron chi connectivity index (χ1n) is 7.13. The molecule has 4 nitrogen and oxygen atoms in total. The van der Waals surface area contributed by atoms with Gasteiger partial charge in [-0.2, -0.15) is 0 Å². The summed E-state index contributed by atoms with van der Waals surface area (Å²) in [6, 6.07) is 13.8. The predicted octanol–water partition coefficient (Wildman–Crippen LogP) is 3.45. The number of benzene rings is 2. The summed E-state index contributed by atoms with van der Waals surface area (Å²) < 4.78 is 0. The number of aliphatic carboxylic acids is 1. The van der Waals surface area contributed by atoms with Gasteiger partial charge in [0.25, 0.3) is 0 Å². The van der Waals surface area contributed by atoms with Gasteiger partial charge in [-0.25, -0.2) is 0 Å². The quantitative estimate of drug-likeness (QED) is 0.884. The average Bonchev–Trinajstić information content (AvgIpc) is 2.48. The summed E-state index contributed by atoms with van der Waals surface area (Å²) in [4.78, 5) is 24.6. The molecule has 0 saturated heterocycles. The minimum absolute atomic E-state index is 0.0266. The van der Waals surface area contributed by atoms with Crippen LogP contribution in [0.5, 0.6) is 0 Å². The molecule has 0 aliphatic carbocycles. The van der Waals surface area contributed by atoms with Crippen LogP contribution in [0.4, 0.5) is 5.69 Å².